The predicted octanol–water partition coefficient (Wildman–Crippen LogP) is 1.57. The molecule has 0 atom stereocenters. The van der Waals surface area contributed by atoms with Gasteiger partial charge >= 0.3 is 5.97 Å². The maximum absolute atomic E-state index is 11.2. The molecule has 5 heteroatoms. The normalized spacial score (nSPS) is 11.2. The number of aromatic carboxylic acids is 1. The second-order valence-electron chi connectivity index (χ2n) is 4.89. The fourth-order valence-corrected chi connectivity index (χ4v) is 2.60. The van der Waals surface area contributed by atoms with Gasteiger partial charge in [-0.05, 0) is 43.0 Å². The Morgan fingerprint density at radius 1 is 1.25 bits per heavy atom. The summed E-state index contributed by atoms with van der Waals surface area (Å²) in [6.45, 7) is 2.48. The van der Waals surface area contributed by atoms with E-state index in [1.54, 1.807) is 12.1 Å². The van der Waals surface area contributed by atoms with Gasteiger partial charge < -0.3 is 19.9 Å². The minimum absolute atomic E-state index is 0.0311. The summed E-state index contributed by atoms with van der Waals surface area (Å²) in [5, 5.41) is 28.2. The first-order valence-corrected chi connectivity index (χ1v) is 6.66. The molecule has 1 aromatic heterocycles. The lowest BCUT2D eigenvalue weighted by molar-refractivity contribution is 0.0697. The Hall–Kier alpha value is -1.85. The van der Waals surface area contributed by atoms with E-state index < -0.39 is 5.97 Å². The topological polar surface area (TPSA) is 82.7 Å². The Bertz CT molecular complexity index is 630. The van der Waals surface area contributed by atoms with Gasteiger partial charge in [-0.2, -0.15) is 0 Å². The number of hydrogen-bond donors (Lipinski definition) is 3. The summed E-state index contributed by atoms with van der Waals surface area (Å²) in [6.07, 6.45) is 3.26. The van der Waals surface area contributed by atoms with E-state index in [0.717, 1.165) is 22.0 Å². The maximum Gasteiger partial charge on any atom is 0.335 e. The van der Waals surface area contributed by atoms with E-state index in [9.17, 15) is 4.79 Å². The number of carboxylic acid groups (broad SMARTS) is 1. The first-order chi connectivity index (χ1) is 9.58. The van der Waals surface area contributed by atoms with Crippen LogP contribution in [-0.2, 0) is 13.0 Å². The largest absolute Gasteiger partial charge is 0.478 e. The van der Waals surface area contributed by atoms with Crippen LogP contribution >= 0.6 is 0 Å². The van der Waals surface area contributed by atoms with E-state index in [4.69, 9.17) is 15.3 Å². The molecule has 0 saturated heterocycles. The summed E-state index contributed by atoms with van der Waals surface area (Å²) in [7, 11) is 0. The van der Waals surface area contributed by atoms with Crippen LogP contribution < -0.4 is 0 Å². The lowest BCUT2D eigenvalue weighted by atomic mass is 10.0. The number of benzene rings is 1. The van der Waals surface area contributed by atoms with Gasteiger partial charge in [0, 0.05) is 24.7 Å². The summed E-state index contributed by atoms with van der Waals surface area (Å²) >= 11 is 0. The van der Waals surface area contributed by atoms with Crippen LogP contribution in [-0.4, -0.2) is 39.1 Å². The van der Waals surface area contributed by atoms with Crippen LogP contribution in [0.25, 0.3) is 10.9 Å². The van der Waals surface area contributed by atoms with Crippen LogP contribution in [0.3, 0.4) is 0 Å². The summed E-state index contributed by atoms with van der Waals surface area (Å²) in [6, 6.07) is 3.32. The van der Waals surface area contributed by atoms with Crippen molar-refractivity contribution in [1.29, 1.82) is 0 Å². The molecule has 0 amide bonds. The fourth-order valence-electron chi connectivity index (χ4n) is 2.60. The summed E-state index contributed by atoms with van der Waals surface area (Å²) in [5.41, 5.74) is 3.11. The van der Waals surface area contributed by atoms with E-state index >= 15 is 0 Å². The number of fused-ring (bicyclic) bond motifs is 1. The second kappa shape index (κ2) is 6.07. The minimum atomic E-state index is -0.946. The first kappa shape index (κ1) is 14.6. The number of aliphatic hydroxyl groups is 2. The highest BCUT2D eigenvalue weighted by Crippen LogP contribution is 2.27. The molecule has 0 aliphatic rings. The molecule has 0 fully saturated rings. The number of rotatable bonds is 6. The highest BCUT2D eigenvalue weighted by molar-refractivity contribution is 5.96. The average Bonchev–Trinajstić information content (AvgIpc) is 2.75. The number of aliphatic hydroxyl groups excluding tert-OH is 2. The standard InChI is InChI=1S/C15H19NO4/c1-10-7-12(15(19)20)8-13-11(3-2-5-17)9-16(4-6-18)14(10)13/h7-9,17-18H,2-6H2,1H3,(H,19,20). The number of hydrogen-bond acceptors (Lipinski definition) is 3. The zero-order chi connectivity index (χ0) is 14.7. The quantitative estimate of drug-likeness (QED) is 0.748. The molecule has 0 unspecified atom stereocenters. The van der Waals surface area contributed by atoms with Crippen molar-refractivity contribution in [3.8, 4) is 0 Å². The Balaban J connectivity index is 2.62. The van der Waals surface area contributed by atoms with Gasteiger partial charge in [-0.15, -0.1) is 0 Å². The monoisotopic (exact) mass is 277 g/mol. The van der Waals surface area contributed by atoms with Crippen LogP contribution in [0.2, 0.25) is 0 Å². The number of carbonyl (C=O) groups is 1. The van der Waals surface area contributed by atoms with E-state index in [2.05, 4.69) is 0 Å². The van der Waals surface area contributed by atoms with Gasteiger partial charge in [0.25, 0.3) is 0 Å². The molecule has 0 aliphatic heterocycles. The van der Waals surface area contributed by atoms with Crippen LogP contribution in [0.5, 0.6) is 0 Å². The molecule has 0 bridgehead atoms. The molecule has 1 aromatic carbocycles. The third-order valence-electron chi connectivity index (χ3n) is 3.44. The van der Waals surface area contributed by atoms with Gasteiger partial charge in [-0.3, -0.25) is 0 Å². The van der Waals surface area contributed by atoms with E-state index in [1.807, 2.05) is 17.7 Å². The number of nitrogens with zero attached hydrogens (tertiary/aromatic N) is 1. The Labute approximate surface area is 117 Å². The van der Waals surface area contributed by atoms with E-state index in [1.165, 1.54) is 0 Å². The van der Waals surface area contributed by atoms with Crippen molar-refractivity contribution in [2.24, 2.45) is 0 Å². The van der Waals surface area contributed by atoms with Gasteiger partial charge in [0.05, 0.1) is 17.7 Å². The van der Waals surface area contributed by atoms with E-state index in [-0.39, 0.29) is 18.8 Å². The molecule has 108 valence electrons. The van der Waals surface area contributed by atoms with E-state index in [0.29, 0.717) is 19.4 Å². The van der Waals surface area contributed by atoms with Crippen LogP contribution in [0.1, 0.15) is 27.9 Å². The third-order valence-corrected chi connectivity index (χ3v) is 3.44. The molecular weight excluding hydrogens is 258 g/mol. The van der Waals surface area contributed by atoms with Crippen molar-refractivity contribution in [3.05, 3.63) is 35.0 Å². The average molecular weight is 277 g/mol. The zero-order valence-corrected chi connectivity index (χ0v) is 11.5. The molecule has 2 rings (SSSR count). The Morgan fingerprint density at radius 2 is 2.00 bits per heavy atom. The third kappa shape index (κ3) is 2.69. The van der Waals surface area contributed by atoms with Crippen molar-refractivity contribution in [1.82, 2.24) is 4.57 Å². The molecule has 0 aliphatic carbocycles. The lowest BCUT2D eigenvalue weighted by Gasteiger charge is -2.06. The Kier molecular flexibility index (Phi) is 4.42. The van der Waals surface area contributed by atoms with Crippen molar-refractivity contribution in [2.45, 2.75) is 26.3 Å². The van der Waals surface area contributed by atoms with Crippen molar-refractivity contribution in [3.63, 3.8) is 0 Å². The molecule has 0 radical (unpaired) electrons. The smallest absolute Gasteiger partial charge is 0.335 e. The number of aromatic nitrogens is 1. The van der Waals surface area contributed by atoms with Crippen LogP contribution in [0, 0.1) is 6.92 Å². The maximum atomic E-state index is 11.2. The summed E-state index contributed by atoms with van der Waals surface area (Å²) < 4.78 is 1.95. The molecule has 2 aromatic rings. The van der Waals surface area contributed by atoms with Crippen LogP contribution in [0.4, 0.5) is 0 Å². The minimum Gasteiger partial charge on any atom is -0.478 e. The van der Waals surface area contributed by atoms with Gasteiger partial charge in [0.1, 0.15) is 0 Å². The molecule has 0 spiro atoms. The highest BCUT2D eigenvalue weighted by atomic mass is 16.4. The van der Waals surface area contributed by atoms with Crippen molar-refractivity contribution < 1.29 is 20.1 Å². The molecule has 0 saturated carbocycles. The molecule has 20 heavy (non-hydrogen) atoms. The number of aryl methyl sites for hydroxylation is 2. The first-order valence-electron chi connectivity index (χ1n) is 6.66. The lowest BCUT2D eigenvalue weighted by Crippen LogP contribution is -2.02. The molecule has 3 N–H and O–H groups in total. The van der Waals surface area contributed by atoms with Crippen molar-refractivity contribution >= 4 is 16.9 Å². The Morgan fingerprint density at radius 3 is 2.60 bits per heavy atom. The molecule has 1 heterocycles. The molecular formula is C15H19NO4. The zero-order valence-electron chi connectivity index (χ0n) is 11.5. The van der Waals surface area contributed by atoms with Gasteiger partial charge in [0.15, 0.2) is 0 Å². The fraction of sp³-hybridized carbons (Fsp3) is 0.400. The number of carboxylic acids is 1. The summed E-state index contributed by atoms with van der Waals surface area (Å²) in [5.74, 6) is -0.946. The van der Waals surface area contributed by atoms with Gasteiger partial charge in [0.2, 0.25) is 0 Å². The second-order valence-corrected chi connectivity index (χ2v) is 4.89. The predicted molar refractivity (Wildman–Crippen MR) is 76.1 cm³/mol. The summed E-state index contributed by atoms with van der Waals surface area (Å²) in [4.78, 5) is 11.2. The molecule has 5 nitrogen and oxygen atoms in total. The van der Waals surface area contributed by atoms with Crippen LogP contribution in [0.15, 0.2) is 18.3 Å². The van der Waals surface area contributed by atoms with Gasteiger partial charge in [-0.1, -0.05) is 0 Å². The van der Waals surface area contributed by atoms with Gasteiger partial charge in [-0.25, -0.2) is 4.79 Å². The SMILES string of the molecule is Cc1cc(C(=O)O)cc2c(CCCO)cn(CCO)c12. The van der Waals surface area contributed by atoms with Crippen molar-refractivity contribution in [2.75, 3.05) is 13.2 Å². The highest BCUT2D eigenvalue weighted by Gasteiger charge is 2.14.